The van der Waals surface area contributed by atoms with E-state index in [0.717, 1.165) is 59.6 Å². The molecule has 0 aliphatic carbocycles. The van der Waals surface area contributed by atoms with Crippen LogP contribution in [0.2, 0.25) is 0 Å². The number of aromatic amines is 1. The molecule has 0 saturated carbocycles. The van der Waals surface area contributed by atoms with E-state index in [1.54, 1.807) is 29.2 Å². The van der Waals surface area contributed by atoms with E-state index < -0.39 is 0 Å². The second kappa shape index (κ2) is 13.0. The highest BCUT2D eigenvalue weighted by Gasteiger charge is 2.23. The molecule has 7 nitrogen and oxygen atoms in total. The third-order valence-corrected chi connectivity index (χ3v) is 7.80. The summed E-state index contributed by atoms with van der Waals surface area (Å²) in [5.74, 6) is 1.06. The number of carbonyl (C=O) groups excluding carboxylic acids is 1. The zero-order chi connectivity index (χ0) is 26.2. The number of likely N-dealkylation sites (tertiary alicyclic amines) is 1. The van der Waals surface area contributed by atoms with Crippen molar-refractivity contribution >= 4 is 46.5 Å². The quantitative estimate of drug-likeness (QED) is 0.239. The molecule has 0 atom stereocenters. The number of amides is 2. The summed E-state index contributed by atoms with van der Waals surface area (Å²) >= 11 is 7.20. The van der Waals surface area contributed by atoms with Crippen LogP contribution in [-0.2, 0) is 6.54 Å². The molecule has 2 heterocycles. The van der Waals surface area contributed by atoms with Crippen LogP contribution in [0.4, 0.5) is 16.2 Å². The number of imidazole rings is 1. The minimum Gasteiger partial charge on any atom is -0.362 e. The second-order valence-electron chi connectivity index (χ2n) is 9.73. The normalized spacial score (nSPS) is 14.0. The van der Waals surface area contributed by atoms with Gasteiger partial charge >= 0.3 is 6.03 Å². The third kappa shape index (κ3) is 7.26. The van der Waals surface area contributed by atoms with Crippen molar-refractivity contribution in [1.82, 2.24) is 20.2 Å². The lowest BCUT2D eigenvalue weighted by Gasteiger charge is -2.34. The predicted molar refractivity (Wildman–Crippen MR) is 157 cm³/mol. The van der Waals surface area contributed by atoms with Gasteiger partial charge in [-0.2, -0.15) is 0 Å². The van der Waals surface area contributed by atoms with Crippen LogP contribution in [0.1, 0.15) is 43.9 Å². The van der Waals surface area contributed by atoms with E-state index in [2.05, 4.69) is 51.5 Å². The van der Waals surface area contributed by atoms with Crippen LogP contribution in [-0.4, -0.2) is 51.9 Å². The minimum absolute atomic E-state index is 0.181. The lowest BCUT2D eigenvalue weighted by molar-refractivity contribution is 0.256. The maximum absolute atomic E-state index is 13.4. The van der Waals surface area contributed by atoms with Crippen molar-refractivity contribution in [2.75, 3.05) is 36.1 Å². The second-order valence-corrected chi connectivity index (χ2v) is 11.0. The number of aromatic nitrogens is 2. The first-order chi connectivity index (χ1) is 17.9. The van der Waals surface area contributed by atoms with Crippen LogP contribution in [0.3, 0.4) is 0 Å². The molecule has 1 aliphatic heterocycles. The Morgan fingerprint density at radius 2 is 1.92 bits per heavy atom. The largest absolute Gasteiger partial charge is 0.362 e. The number of thiocarbonyl (C=S) groups is 1. The van der Waals surface area contributed by atoms with Crippen molar-refractivity contribution in [2.24, 2.45) is 5.92 Å². The topological polar surface area (TPSA) is 76.3 Å². The number of hydrogen-bond acceptors (Lipinski definition) is 4. The molecular formula is C28H36N6OS2. The fraction of sp³-hybridized carbons (Fsp3) is 0.393. The van der Waals surface area contributed by atoms with Crippen LogP contribution in [0, 0.1) is 5.92 Å². The van der Waals surface area contributed by atoms with Gasteiger partial charge in [-0.1, -0.05) is 38.1 Å². The van der Waals surface area contributed by atoms with Gasteiger partial charge in [0.2, 0.25) is 0 Å². The lowest BCUT2D eigenvalue weighted by Crippen LogP contribution is -2.44. The molecule has 37 heavy (non-hydrogen) atoms. The van der Waals surface area contributed by atoms with Gasteiger partial charge in [0.1, 0.15) is 0 Å². The number of nitrogens with zero attached hydrogens (tertiary/aromatic N) is 3. The Morgan fingerprint density at radius 1 is 1.19 bits per heavy atom. The summed E-state index contributed by atoms with van der Waals surface area (Å²) in [7, 11) is 0. The maximum atomic E-state index is 13.4. The van der Waals surface area contributed by atoms with Gasteiger partial charge in [0, 0.05) is 36.4 Å². The van der Waals surface area contributed by atoms with Gasteiger partial charge in [-0.05, 0) is 73.0 Å². The standard InChI is InChI=1S/C28H36N6OS2/c1-20(2)16-30-28(36)33-14-12-22(13-15-33)21-8-10-24(11-9-21)34(18-23-17-29-19-31-23)27(35)32-25-6-4-5-7-26(25)37-3/h4-11,17,19-20,22H,12-16,18H2,1-3H3,(H,29,31)(H,30,36)(H,32,35). The molecule has 0 bridgehead atoms. The van der Waals surface area contributed by atoms with Crippen molar-refractivity contribution < 1.29 is 4.79 Å². The molecule has 2 aromatic carbocycles. The zero-order valence-electron chi connectivity index (χ0n) is 21.7. The van der Waals surface area contributed by atoms with Crippen LogP contribution >= 0.6 is 24.0 Å². The van der Waals surface area contributed by atoms with Crippen molar-refractivity contribution in [3.63, 3.8) is 0 Å². The first-order valence-electron chi connectivity index (χ1n) is 12.8. The van der Waals surface area contributed by atoms with E-state index in [4.69, 9.17) is 12.2 Å². The van der Waals surface area contributed by atoms with Gasteiger partial charge in [0.05, 0.1) is 24.3 Å². The molecule has 1 saturated heterocycles. The highest BCUT2D eigenvalue weighted by Crippen LogP contribution is 2.31. The van der Waals surface area contributed by atoms with Crippen LogP contribution in [0.25, 0.3) is 0 Å². The molecule has 9 heteroatoms. The van der Waals surface area contributed by atoms with E-state index in [1.165, 1.54) is 5.56 Å². The van der Waals surface area contributed by atoms with Crippen molar-refractivity contribution in [3.8, 4) is 0 Å². The van der Waals surface area contributed by atoms with Gasteiger partial charge in [0.25, 0.3) is 0 Å². The molecular weight excluding hydrogens is 500 g/mol. The molecule has 3 N–H and O–H groups in total. The summed E-state index contributed by atoms with van der Waals surface area (Å²) in [6.45, 7) is 7.60. The Labute approximate surface area is 229 Å². The number of piperidine rings is 1. The monoisotopic (exact) mass is 536 g/mol. The van der Waals surface area contributed by atoms with Crippen LogP contribution in [0.15, 0.2) is 66.0 Å². The third-order valence-electron chi connectivity index (χ3n) is 6.60. The first-order valence-corrected chi connectivity index (χ1v) is 14.4. The number of nitrogens with one attached hydrogen (secondary N) is 3. The molecule has 1 aliphatic rings. The van der Waals surface area contributed by atoms with E-state index in [9.17, 15) is 4.79 Å². The van der Waals surface area contributed by atoms with Crippen LogP contribution in [0.5, 0.6) is 0 Å². The number of H-pyrrole nitrogens is 1. The summed E-state index contributed by atoms with van der Waals surface area (Å²) in [5, 5.41) is 7.34. The number of urea groups is 1. The molecule has 1 aromatic heterocycles. The van der Waals surface area contributed by atoms with Gasteiger partial charge in [-0.25, -0.2) is 9.78 Å². The summed E-state index contributed by atoms with van der Waals surface area (Å²) in [6.07, 6.45) is 7.51. The van der Waals surface area contributed by atoms with Gasteiger partial charge in [0.15, 0.2) is 5.11 Å². The fourth-order valence-corrected chi connectivity index (χ4v) is 5.32. The molecule has 0 radical (unpaired) electrons. The number of para-hydroxylation sites is 1. The number of carbonyl (C=O) groups is 1. The molecule has 0 spiro atoms. The molecule has 3 aromatic rings. The lowest BCUT2D eigenvalue weighted by atomic mass is 9.89. The fourth-order valence-electron chi connectivity index (χ4n) is 4.50. The van der Waals surface area contributed by atoms with Crippen molar-refractivity contribution in [2.45, 2.75) is 44.0 Å². The number of thioether (sulfide) groups is 1. The van der Waals surface area contributed by atoms with Gasteiger partial charge in [-0.15, -0.1) is 11.8 Å². The molecule has 4 rings (SSSR count). The van der Waals surface area contributed by atoms with Crippen molar-refractivity contribution in [3.05, 3.63) is 72.3 Å². The molecule has 1 fully saturated rings. The summed E-state index contributed by atoms with van der Waals surface area (Å²) in [4.78, 5) is 25.7. The van der Waals surface area contributed by atoms with E-state index in [1.807, 2.05) is 42.7 Å². The summed E-state index contributed by atoms with van der Waals surface area (Å²) < 4.78 is 0. The van der Waals surface area contributed by atoms with Gasteiger partial charge < -0.3 is 20.5 Å². The van der Waals surface area contributed by atoms with Gasteiger partial charge in [-0.3, -0.25) is 4.90 Å². The summed E-state index contributed by atoms with van der Waals surface area (Å²) in [6, 6.07) is 16.1. The average molecular weight is 537 g/mol. The number of rotatable bonds is 8. The minimum atomic E-state index is -0.181. The Balaban J connectivity index is 1.44. The number of anilines is 2. The Bertz CT molecular complexity index is 1160. The SMILES string of the molecule is CSc1ccccc1NC(=O)N(Cc1cnc[nH]1)c1ccc(C2CCN(C(=S)NCC(C)C)CC2)cc1. The highest BCUT2D eigenvalue weighted by molar-refractivity contribution is 7.98. The van der Waals surface area contributed by atoms with E-state index >= 15 is 0 Å². The Morgan fingerprint density at radius 3 is 2.57 bits per heavy atom. The van der Waals surface area contributed by atoms with Crippen molar-refractivity contribution in [1.29, 1.82) is 0 Å². The van der Waals surface area contributed by atoms with E-state index in [0.29, 0.717) is 18.4 Å². The van der Waals surface area contributed by atoms with E-state index in [-0.39, 0.29) is 6.03 Å². The maximum Gasteiger partial charge on any atom is 0.326 e. The highest BCUT2D eigenvalue weighted by atomic mass is 32.2. The summed E-state index contributed by atoms with van der Waals surface area (Å²) in [5.41, 5.74) is 3.82. The first kappa shape index (κ1) is 27.0. The number of benzene rings is 2. The predicted octanol–water partition coefficient (Wildman–Crippen LogP) is 6.08. The molecule has 196 valence electrons. The molecule has 0 unspecified atom stereocenters. The van der Waals surface area contributed by atoms with Crippen LogP contribution < -0.4 is 15.5 Å². The number of hydrogen-bond donors (Lipinski definition) is 3. The Kier molecular flexibility index (Phi) is 9.46. The zero-order valence-corrected chi connectivity index (χ0v) is 23.4. The Hall–Kier alpha value is -3.04. The molecule has 2 amide bonds. The smallest absolute Gasteiger partial charge is 0.326 e. The average Bonchev–Trinajstić information content (AvgIpc) is 3.44.